The van der Waals surface area contributed by atoms with Crippen molar-refractivity contribution in [3.05, 3.63) is 58.7 Å². The molecule has 0 unspecified atom stereocenters. The van der Waals surface area contributed by atoms with Crippen molar-refractivity contribution in [3.8, 4) is 0 Å². The molecule has 0 saturated heterocycles. The van der Waals surface area contributed by atoms with E-state index in [4.69, 9.17) is 0 Å². The Hall–Kier alpha value is 0.371. The average Bonchev–Trinajstić information content (AvgIpc) is 2.72. The Labute approximate surface area is 170 Å². The molecule has 0 aromatic heterocycles. The molecule has 2 aromatic carbocycles. The predicted octanol–water partition coefficient (Wildman–Crippen LogP) is -4.83. The van der Waals surface area contributed by atoms with Crippen LogP contribution in [0.25, 0.3) is 0 Å². The van der Waals surface area contributed by atoms with E-state index in [0.717, 1.165) is 6.42 Å². The van der Waals surface area contributed by atoms with Crippen molar-refractivity contribution in [2.45, 2.75) is 39.9 Å². The fourth-order valence-electron chi connectivity index (χ4n) is 2.22. The van der Waals surface area contributed by atoms with Gasteiger partial charge in [0.05, 0.1) is 0 Å². The minimum atomic E-state index is -1.15. The summed E-state index contributed by atoms with van der Waals surface area (Å²) in [5, 5.41) is 1.57. The quantitative estimate of drug-likeness (QED) is 0.353. The fourth-order valence-corrected chi connectivity index (χ4v) is 3.42. The molecule has 22 heavy (non-hydrogen) atoms. The third-order valence-electron chi connectivity index (χ3n) is 3.66. The minimum Gasteiger partial charge on any atom is -1.00 e. The Morgan fingerprint density at radius 3 is 1.95 bits per heavy atom. The third-order valence-corrected chi connectivity index (χ3v) is 5.71. The summed E-state index contributed by atoms with van der Waals surface area (Å²) in [5.41, 5.74) is 5.65. The first-order valence-electron chi connectivity index (χ1n) is 6.68. The second kappa shape index (κ2) is 11.0. The van der Waals surface area contributed by atoms with Gasteiger partial charge in [-0.1, -0.05) is 43.4 Å². The largest absolute Gasteiger partial charge is 4.00 e. The van der Waals surface area contributed by atoms with Crippen molar-refractivity contribution >= 4 is 13.3 Å². The smallest absolute Gasteiger partial charge is 1.00 e. The van der Waals surface area contributed by atoms with Gasteiger partial charge in [0.25, 0.3) is 0 Å². The molecule has 0 heterocycles. The molecule has 0 aliphatic rings. The standard InChI is InChI=1S/C17H23Si.3ClH.Ti/c1-13-6-7-15(10-14(13)2)11-16-8-9-17(12-16)18(3,4)5;;;;/h6-10,12H,11H2,1-5H3;3*1H;/q-1;;;;+4/p-3. The van der Waals surface area contributed by atoms with Crippen LogP contribution in [0.3, 0.4) is 0 Å². The number of halogens is 3. The molecule has 0 spiro atoms. The van der Waals surface area contributed by atoms with Gasteiger partial charge in [-0.05, 0) is 31.4 Å². The maximum atomic E-state index is 2.40. The van der Waals surface area contributed by atoms with E-state index in [-0.39, 0.29) is 58.9 Å². The van der Waals surface area contributed by atoms with Gasteiger partial charge < -0.3 is 37.2 Å². The van der Waals surface area contributed by atoms with E-state index in [0.29, 0.717) is 0 Å². The number of hydrogen-bond donors (Lipinski definition) is 0. The van der Waals surface area contributed by atoms with Gasteiger partial charge in [0, 0.05) is 8.07 Å². The molecule has 0 aliphatic heterocycles. The number of rotatable bonds is 3. The van der Waals surface area contributed by atoms with Crippen LogP contribution in [0.4, 0.5) is 0 Å². The Balaban J connectivity index is -0.000000902. The summed E-state index contributed by atoms with van der Waals surface area (Å²) in [6, 6.07) is 13.8. The van der Waals surface area contributed by atoms with Gasteiger partial charge in [-0.25, -0.2) is 11.3 Å². The van der Waals surface area contributed by atoms with E-state index in [1.807, 2.05) is 0 Å². The topological polar surface area (TPSA) is 0 Å². The molecule has 2 rings (SSSR count). The molecule has 0 radical (unpaired) electrons. The summed E-state index contributed by atoms with van der Waals surface area (Å²) in [4.78, 5) is 0. The van der Waals surface area contributed by atoms with Gasteiger partial charge >= 0.3 is 21.7 Å². The SMILES string of the molecule is Cc1ccc(C[c-]2ccc([Si](C)(C)C)c2)cc1C.[Cl-].[Cl-].[Cl-].[Ti+4]. The molecule has 0 fully saturated rings. The molecular formula is C17H23Cl3SiTi. The van der Waals surface area contributed by atoms with Crippen LogP contribution in [0.2, 0.25) is 19.6 Å². The van der Waals surface area contributed by atoms with Crippen LogP contribution in [-0.2, 0) is 28.1 Å². The molecule has 120 valence electrons. The molecule has 0 saturated carbocycles. The molecule has 0 N–H and O–H groups in total. The summed E-state index contributed by atoms with van der Waals surface area (Å²) in [6.07, 6.45) is 1.06. The number of benzene rings is 1. The van der Waals surface area contributed by atoms with Crippen LogP contribution in [0.5, 0.6) is 0 Å². The van der Waals surface area contributed by atoms with Crippen LogP contribution in [0.15, 0.2) is 36.4 Å². The Kier molecular flexibility index (Phi) is 13.6. The van der Waals surface area contributed by atoms with E-state index in [1.165, 1.54) is 22.3 Å². The number of aryl methyl sites for hydroxylation is 2. The van der Waals surface area contributed by atoms with E-state index >= 15 is 0 Å². The Bertz CT molecular complexity index is 559. The zero-order valence-corrected chi connectivity index (χ0v) is 18.6. The van der Waals surface area contributed by atoms with Crippen molar-refractivity contribution in [2.75, 3.05) is 0 Å². The van der Waals surface area contributed by atoms with Gasteiger partial charge in [-0.2, -0.15) is 17.7 Å². The average molecular weight is 410 g/mol. The summed E-state index contributed by atoms with van der Waals surface area (Å²) in [6.45, 7) is 11.6. The molecule has 0 amide bonds. The maximum absolute atomic E-state index is 2.40. The number of hydrogen-bond acceptors (Lipinski definition) is 0. The van der Waals surface area contributed by atoms with Crippen molar-refractivity contribution in [3.63, 3.8) is 0 Å². The van der Waals surface area contributed by atoms with Gasteiger partial charge in [0.2, 0.25) is 0 Å². The van der Waals surface area contributed by atoms with Crippen molar-refractivity contribution < 1.29 is 58.9 Å². The molecule has 0 aliphatic carbocycles. The maximum Gasteiger partial charge on any atom is 4.00 e. The first-order valence-corrected chi connectivity index (χ1v) is 10.2. The van der Waals surface area contributed by atoms with Gasteiger partial charge in [-0.15, -0.1) is 0 Å². The van der Waals surface area contributed by atoms with Crippen LogP contribution < -0.4 is 42.4 Å². The van der Waals surface area contributed by atoms with E-state index < -0.39 is 8.07 Å². The van der Waals surface area contributed by atoms with Gasteiger partial charge in [0.1, 0.15) is 0 Å². The van der Waals surface area contributed by atoms with Gasteiger partial charge in [-0.3, -0.25) is 0 Å². The first-order chi connectivity index (χ1) is 8.36. The van der Waals surface area contributed by atoms with Crippen LogP contribution in [0.1, 0.15) is 22.3 Å². The first kappa shape index (κ1) is 27.2. The Morgan fingerprint density at radius 1 is 0.909 bits per heavy atom. The molecule has 0 atom stereocenters. The second-order valence-corrected chi connectivity index (χ2v) is 11.4. The summed E-state index contributed by atoms with van der Waals surface area (Å²) < 4.78 is 0. The fraction of sp³-hybridized carbons (Fsp3) is 0.353. The monoisotopic (exact) mass is 408 g/mol. The molecule has 0 bridgehead atoms. The van der Waals surface area contributed by atoms with Crippen molar-refractivity contribution in [2.24, 2.45) is 0 Å². The molecule has 0 nitrogen and oxygen atoms in total. The molecular weight excluding hydrogens is 386 g/mol. The van der Waals surface area contributed by atoms with Crippen LogP contribution >= 0.6 is 0 Å². The predicted molar refractivity (Wildman–Crippen MR) is 83.7 cm³/mol. The molecule has 5 heteroatoms. The summed E-state index contributed by atoms with van der Waals surface area (Å²) in [7, 11) is -1.15. The third kappa shape index (κ3) is 7.29. The van der Waals surface area contributed by atoms with E-state index in [2.05, 4.69) is 69.9 Å². The van der Waals surface area contributed by atoms with E-state index in [9.17, 15) is 0 Å². The zero-order chi connectivity index (χ0) is 13.3. The summed E-state index contributed by atoms with van der Waals surface area (Å²) in [5.74, 6) is 0. The van der Waals surface area contributed by atoms with Crippen LogP contribution in [0, 0.1) is 13.8 Å². The van der Waals surface area contributed by atoms with Crippen molar-refractivity contribution in [1.29, 1.82) is 0 Å². The zero-order valence-electron chi connectivity index (χ0n) is 13.8. The van der Waals surface area contributed by atoms with E-state index in [1.54, 1.807) is 5.19 Å². The molecule has 2 aromatic rings. The van der Waals surface area contributed by atoms with Crippen LogP contribution in [-0.4, -0.2) is 8.07 Å². The normalized spacial score (nSPS) is 9.68. The Morgan fingerprint density at radius 2 is 1.50 bits per heavy atom. The van der Waals surface area contributed by atoms with Gasteiger partial charge in [0.15, 0.2) is 0 Å². The summed E-state index contributed by atoms with van der Waals surface area (Å²) >= 11 is 0. The second-order valence-electron chi connectivity index (χ2n) is 6.35. The minimum absolute atomic E-state index is 0. The van der Waals surface area contributed by atoms with Crippen molar-refractivity contribution in [1.82, 2.24) is 0 Å².